The van der Waals surface area contributed by atoms with Gasteiger partial charge in [0, 0.05) is 30.1 Å². The summed E-state index contributed by atoms with van der Waals surface area (Å²) < 4.78 is 5.22. The molecule has 0 aliphatic heterocycles. The second-order valence-electron chi connectivity index (χ2n) is 4.01. The lowest BCUT2D eigenvalue weighted by Gasteiger charge is -2.08. The number of nitrogens with zero attached hydrogens (tertiary/aromatic N) is 1. The summed E-state index contributed by atoms with van der Waals surface area (Å²) in [5.74, 6) is 0.749. The number of carbonyl (C=O) groups excluding carboxylic acids is 1. The highest BCUT2D eigenvalue weighted by Crippen LogP contribution is 2.17. The van der Waals surface area contributed by atoms with Crippen LogP contribution in [-0.2, 0) is 17.6 Å². The maximum atomic E-state index is 11.8. The minimum atomic E-state index is 0.000978. The van der Waals surface area contributed by atoms with E-state index in [1.54, 1.807) is 24.6 Å². The number of hydrogen-bond donors (Lipinski definition) is 1. The van der Waals surface area contributed by atoms with Gasteiger partial charge in [-0.1, -0.05) is 18.2 Å². The van der Waals surface area contributed by atoms with E-state index < -0.39 is 0 Å². The van der Waals surface area contributed by atoms with Crippen LogP contribution in [-0.4, -0.2) is 24.5 Å². The first-order valence-corrected chi connectivity index (χ1v) is 6.94. The molecule has 0 spiro atoms. The van der Waals surface area contributed by atoms with Crippen molar-refractivity contribution in [2.24, 2.45) is 0 Å². The monoisotopic (exact) mass is 276 g/mol. The van der Waals surface area contributed by atoms with Gasteiger partial charge in [0.15, 0.2) is 0 Å². The van der Waals surface area contributed by atoms with Gasteiger partial charge in [-0.25, -0.2) is 4.98 Å². The Morgan fingerprint density at radius 2 is 2.26 bits per heavy atom. The molecule has 19 heavy (non-hydrogen) atoms. The van der Waals surface area contributed by atoms with E-state index in [1.807, 2.05) is 29.6 Å². The van der Waals surface area contributed by atoms with Crippen molar-refractivity contribution in [3.05, 3.63) is 46.4 Å². The summed E-state index contributed by atoms with van der Waals surface area (Å²) in [7, 11) is 1.61. The zero-order chi connectivity index (χ0) is 13.5. The molecule has 2 aromatic rings. The van der Waals surface area contributed by atoms with Crippen molar-refractivity contribution >= 4 is 17.2 Å². The molecule has 5 heteroatoms. The number of ether oxygens (including phenoxy) is 1. The highest BCUT2D eigenvalue weighted by molar-refractivity contribution is 7.09. The Balaban J connectivity index is 1.80. The molecule has 0 fully saturated rings. The molecule has 0 saturated heterocycles. The normalized spacial score (nSPS) is 10.2. The molecule has 100 valence electrons. The van der Waals surface area contributed by atoms with Crippen LogP contribution in [0.5, 0.6) is 5.75 Å². The maximum absolute atomic E-state index is 11.8. The van der Waals surface area contributed by atoms with Crippen LogP contribution in [0.2, 0.25) is 0 Å². The SMILES string of the molecule is COc1ccccc1CC(=O)NCCc1nccs1. The van der Waals surface area contributed by atoms with Crippen LogP contribution in [0.15, 0.2) is 35.8 Å². The van der Waals surface area contributed by atoms with Crippen molar-refractivity contribution in [1.82, 2.24) is 10.3 Å². The molecule has 1 N–H and O–H groups in total. The van der Waals surface area contributed by atoms with E-state index in [-0.39, 0.29) is 5.91 Å². The highest BCUT2D eigenvalue weighted by Gasteiger charge is 2.07. The van der Waals surface area contributed by atoms with Gasteiger partial charge >= 0.3 is 0 Å². The molecule has 0 unspecified atom stereocenters. The van der Waals surface area contributed by atoms with Crippen molar-refractivity contribution in [3.63, 3.8) is 0 Å². The summed E-state index contributed by atoms with van der Waals surface area (Å²) in [5.41, 5.74) is 0.900. The minimum absolute atomic E-state index is 0.000978. The molecule has 1 heterocycles. The minimum Gasteiger partial charge on any atom is -0.496 e. The molecule has 0 aliphatic carbocycles. The number of benzene rings is 1. The molecule has 0 saturated carbocycles. The third-order valence-electron chi connectivity index (χ3n) is 2.69. The van der Waals surface area contributed by atoms with E-state index in [2.05, 4.69) is 10.3 Å². The lowest BCUT2D eigenvalue weighted by atomic mass is 10.1. The van der Waals surface area contributed by atoms with Gasteiger partial charge in [-0.15, -0.1) is 11.3 Å². The fraction of sp³-hybridized carbons (Fsp3) is 0.286. The summed E-state index contributed by atoms with van der Waals surface area (Å²) in [6.45, 7) is 0.613. The number of para-hydroxylation sites is 1. The summed E-state index contributed by atoms with van der Waals surface area (Å²) in [6.07, 6.45) is 2.88. The number of aromatic nitrogens is 1. The Morgan fingerprint density at radius 1 is 1.42 bits per heavy atom. The number of methoxy groups -OCH3 is 1. The highest BCUT2D eigenvalue weighted by atomic mass is 32.1. The molecule has 0 bridgehead atoms. The lowest BCUT2D eigenvalue weighted by molar-refractivity contribution is -0.120. The summed E-state index contributed by atoms with van der Waals surface area (Å²) in [4.78, 5) is 16.0. The van der Waals surface area contributed by atoms with Gasteiger partial charge in [0.1, 0.15) is 5.75 Å². The predicted octanol–water partition coefficient (Wildman–Crippen LogP) is 2.05. The van der Waals surface area contributed by atoms with Gasteiger partial charge < -0.3 is 10.1 Å². The average molecular weight is 276 g/mol. The van der Waals surface area contributed by atoms with Gasteiger partial charge in [0.05, 0.1) is 18.5 Å². The van der Waals surface area contributed by atoms with E-state index in [0.29, 0.717) is 13.0 Å². The Morgan fingerprint density at radius 3 is 3.00 bits per heavy atom. The zero-order valence-corrected chi connectivity index (χ0v) is 11.6. The van der Waals surface area contributed by atoms with Gasteiger partial charge in [0.2, 0.25) is 5.91 Å². The Bertz CT molecular complexity index is 526. The van der Waals surface area contributed by atoms with E-state index >= 15 is 0 Å². The predicted molar refractivity (Wildman–Crippen MR) is 75.5 cm³/mol. The van der Waals surface area contributed by atoms with Crippen LogP contribution in [0, 0.1) is 0 Å². The van der Waals surface area contributed by atoms with Crippen LogP contribution < -0.4 is 10.1 Å². The number of carbonyl (C=O) groups is 1. The number of rotatable bonds is 6. The van der Waals surface area contributed by atoms with E-state index in [9.17, 15) is 4.79 Å². The maximum Gasteiger partial charge on any atom is 0.224 e. The third kappa shape index (κ3) is 4.06. The number of nitrogens with one attached hydrogen (secondary N) is 1. The first-order chi connectivity index (χ1) is 9.29. The van der Waals surface area contributed by atoms with E-state index in [1.165, 1.54) is 0 Å². The van der Waals surface area contributed by atoms with E-state index in [4.69, 9.17) is 4.74 Å². The summed E-state index contributed by atoms with van der Waals surface area (Å²) in [6, 6.07) is 7.56. The van der Waals surface area contributed by atoms with Crippen LogP contribution in [0.25, 0.3) is 0 Å². The molecule has 2 rings (SSSR count). The molecule has 0 atom stereocenters. The standard InChI is InChI=1S/C14H16N2O2S/c1-18-12-5-3-2-4-11(12)10-13(17)15-7-6-14-16-8-9-19-14/h2-5,8-9H,6-7,10H2,1H3,(H,15,17). The van der Waals surface area contributed by atoms with Crippen LogP contribution in [0.3, 0.4) is 0 Å². The van der Waals surface area contributed by atoms with Crippen LogP contribution in [0.4, 0.5) is 0 Å². The first kappa shape index (κ1) is 13.5. The second-order valence-corrected chi connectivity index (χ2v) is 4.99. The molecular weight excluding hydrogens is 260 g/mol. The summed E-state index contributed by atoms with van der Waals surface area (Å²) >= 11 is 1.60. The molecule has 0 aliphatic rings. The fourth-order valence-electron chi connectivity index (χ4n) is 1.77. The van der Waals surface area contributed by atoms with Crippen molar-refractivity contribution in [3.8, 4) is 5.75 Å². The van der Waals surface area contributed by atoms with Gasteiger partial charge in [-0.3, -0.25) is 4.79 Å². The molecule has 1 aromatic carbocycles. The van der Waals surface area contributed by atoms with Gasteiger partial charge in [0.25, 0.3) is 0 Å². The Kier molecular flexibility index (Phi) is 4.92. The smallest absolute Gasteiger partial charge is 0.224 e. The zero-order valence-electron chi connectivity index (χ0n) is 10.8. The van der Waals surface area contributed by atoms with E-state index in [0.717, 1.165) is 22.7 Å². The molecule has 1 amide bonds. The average Bonchev–Trinajstić information content (AvgIpc) is 2.92. The Labute approximate surface area is 116 Å². The Hall–Kier alpha value is -1.88. The molecular formula is C14H16N2O2S. The van der Waals surface area contributed by atoms with Crippen molar-refractivity contribution < 1.29 is 9.53 Å². The number of amides is 1. The lowest BCUT2D eigenvalue weighted by Crippen LogP contribution is -2.27. The topological polar surface area (TPSA) is 51.2 Å². The fourth-order valence-corrected chi connectivity index (χ4v) is 2.39. The number of thiazole rings is 1. The molecule has 4 nitrogen and oxygen atoms in total. The third-order valence-corrected chi connectivity index (χ3v) is 3.53. The van der Waals surface area contributed by atoms with Gasteiger partial charge in [-0.2, -0.15) is 0 Å². The molecule has 0 radical (unpaired) electrons. The second kappa shape index (κ2) is 6.89. The van der Waals surface area contributed by atoms with Crippen LogP contribution in [0.1, 0.15) is 10.6 Å². The largest absolute Gasteiger partial charge is 0.496 e. The van der Waals surface area contributed by atoms with Crippen molar-refractivity contribution in [2.75, 3.05) is 13.7 Å². The number of hydrogen-bond acceptors (Lipinski definition) is 4. The van der Waals surface area contributed by atoms with Crippen LogP contribution >= 0.6 is 11.3 Å². The summed E-state index contributed by atoms with van der Waals surface area (Å²) in [5, 5.41) is 5.87. The van der Waals surface area contributed by atoms with Crippen molar-refractivity contribution in [2.45, 2.75) is 12.8 Å². The quantitative estimate of drug-likeness (QED) is 0.878. The molecule has 1 aromatic heterocycles. The van der Waals surface area contributed by atoms with Crippen molar-refractivity contribution in [1.29, 1.82) is 0 Å². The van der Waals surface area contributed by atoms with Gasteiger partial charge in [-0.05, 0) is 6.07 Å². The first-order valence-electron chi connectivity index (χ1n) is 6.06.